The zero-order valence-corrected chi connectivity index (χ0v) is 9.28. The van der Waals surface area contributed by atoms with E-state index in [9.17, 15) is 4.79 Å². The molecule has 0 saturated heterocycles. The maximum absolute atomic E-state index is 11.1. The SMILES string of the molecule is CCOC(=O)Cc1nc(C(N)=S)cs1. The Hall–Kier alpha value is -1.01. The lowest BCUT2D eigenvalue weighted by atomic mass is 10.4. The molecule has 0 aliphatic carbocycles. The first-order chi connectivity index (χ1) is 6.63. The van der Waals surface area contributed by atoms with Gasteiger partial charge in [-0.2, -0.15) is 0 Å². The molecule has 1 aromatic rings. The molecule has 14 heavy (non-hydrogen) atoms. The fraction of sp³-hybridized carbons (Fsp3) is 0.375. The molecule has 2 N–H and O–H groups in total. The fourth-order valence-electron chi connectivity index (χ4n) is 0.841. The number of hydrogen-bond acceptors (Lipinski definition) is 5. The largest absolute Gasteiger partial charge is 0.466 e. The van der Waals surface area contributed by atoms with Crippen LogP contribution < -0.4 is 5.73 Å². The molecule has 6 heteroatoms. The summed E-state index contributed by atoms with van der Waals surface area (Å²) in [5.41, 5.74) is 5.94. The van der Waals surface area contributed by atoms with E-state index in [-0.39, 0.29) is 17.4 Å². The van der Waals surface area contributed by atoms with Crippen LogP contribution in [0.2, 0.25) is 0 Å². The highest BCUT2D eigenvalue weighted by Gasteiger charge is 2.09. The summed E-state index contributed by atoms with van der Waals surface area (Å²) in [6.45, 7) is 2.15. The molecule has 1 rings (SSSR count). The summed E-state index contributed by atoms with van der Waals surface area (Å²) in [6, 6.07) is 0. The van der Waals surface area contributed by atoms with Crippen LogP contribution in [0.3, 0.4) is 0 Å². The fourth-order valence-corrected chi connectivity index (χ4v) is 1.80. The summed E-state index contributed by atoms with van der Waals surface area (Å²) >= 11 is 6.10. The van der Waals surface area contributed by atoms with Gasteiger partial charge >= 0.3 is 5.97 Å². The van der Waals surface area contributed by atoms with Crippen molar-refractivity contribution in [2.75, 3.05) is 6.61 Å². The molecule has 0 spiro atoms. The number of nitrogens with two attached hydrogens (primary N) is 1. The van der Waals surface area contributed by atoms with Crippen molar-refractivity contribution in [3.8, 4) is 0 Å². The van der Waals surface area contributed by atoms with Gasteiger partial charge in [-0.05, 0) is 6.92 Å². The first-order valence-electron chi connectivity index (χ1n) is 4.03. The van der Waals surface area contributed by atoms with Crippen molar-refractivity contribution in [2.24, 2.45) is 5.73 Å². The lowest BCUT2D eigenvalue weighted by molar-refractivity contribution is -0.142. The molecule has 1 aromatic heterocycles. The predicted octanol–water partition coefficient (Wildman–Crippen LogP) is 0.883. The van der Waals surface area contributed by atoms with Gasteiger partial charge in [0.2, 0.25) is 0 Å². The molecule has 0 aromatic carbocycles. The van der Waals surface area contributed by atoms with Crippen molar-refractivity contribution >= 4 is 34.5 Å². The van der Waals surface area contributed by atoms with Crippen molar-refractivity contribution in [2.45, 2.75) is 13.3 Å². The van der Waals surface area contributed by atoms with E-state index < -0.39 is 0 Å². The van der Waals surface area contributed by atoms with Crippen LogP contribution in [0.4, 0.5) is 0 Å². The predicted molar refractivity (Wildman–Crippen MR) is 58.3 cm³/mol. The quantitative estimate of drug-likeness (QED) is 0.614. The van der Waals surface area contributed by atoms with Crippen LogP contribution in [0.1, 0.15) is 17.6 Å². The van der Waals surface area contributed by atoms with Gasteiger partial charge in [0.25, 0.3) is 0 Å². The van der Waals surface area contributed by atoms with Crippen LogP contribution in [0.25, 0.3) is 0 Å². The van der Waals surface area contributed by atoms with Crippen LogP contribution in [0.15, 0.2) is 5.38 Å². The summed E-state index contributed by atoms with van der Waals surface area (Å²) in [6.07, 6.45) is 0.182. The van der Waals surface area contributed by atoms with Crippen molar-refractivity contribution < 1.29 is 9.53 Å². The molecule has 0 aliphatic heterocycles. The highest BCUT2D eigenvalue weighted by atomic mass is 32.1. The Balaban J connectivity index is 2.59. The Kier molecular flexibility index (Phi) is 3.97. The third kappa shape index (κ3) is 3.04. The van der Waals surface area contributed by atoms with Crippen molar-refractivity contribution in [3.05, 3.63) is 16.1 Å². The van der Waals surface area contributed by atoms with Gasteiger partial charge in [0.15, 0.2) is 0 Å². The Labute approximate surface area is 91.1 Å². The summed E-state index contributed by atoms with van der Waals surface area (Å²) < 4.78 is 4.78. The lowest BCUT2D eigenvalue weighted by Crippen LogP contribution is -2.11. The second-order valence-corrected chi connectivity index (χ2v) is 3.86. The number of rotatable bonds is 4. The number of ether oxygens (including phenoxy) is 1. The minimum atomic E-state index is -0.281. The van der Waals surface area contributed by atoms with Crippen molar-refractivity contribution in [1.29, 1.82) is 0 Å². The number of carbonyl (C=O) groups excluding carboxylic acids is 1. The summed E-state index contributed by atoms with van der Waals surface area (Å²) in [4.78, 5) is 15.4. The maximum atomic E-state index is 11.1. The number of nitrogens with zero attached hydrogens (tertiary/aromatic N) is 1. The van der Waals surface area contributed by atoms with Crippen molar-refractivity contribution in [3.63, 3.8) is 0 Å². The topological polar surface area (TPSA) is 65.2 Å². The average molecular weight is 230 g/mol. The standard InChI is InChI=1S/C8H10N2O2S2/c1-2-12-7(11)3-6-10-5(4-14-6)8(9)13/h4H,2-3H2,1H3,(H2,9,13). The zero-order chi connectivity index (χ0) is 10.6. The van der Waals surface area contributed by atoms with Gasteiger partial charge in [-0.15, -0.1) is 11.3 Å². The Morgan fingerprint density at radius 1 is 1.79 bits per heavy atom. The first kappa shape index (κ1) is 11.1. The molecule has 0 unspecified atom stereocenters. The highest BCUT2D eigenvalue weighted by molar-refractivity contribution is 7.80. The molecule has 1 heterocycles. The van der Waals surface area contributed by atoms with E-state index in [4.69, 9.17) is 22.7 Å². The van der Waals surface area contributed by atoms with Crippen LogP contribution in [-0.2, 0) is 16.0 Å². The number of aromatic nitrogens is 1. The van der Waals surface area contributed by atoms with E-state index in [1.54, 1.807) is 12.3 Å². The van der Waals surface area contributed by atoms with Crippen LogP contribution >= 0.6 is 23.6 Å². The van der Waals surface area contributed by atoms with E-state index in [0.717, 1.165) is 0 Å². The molecule has 0 saturated carbocycles. The lowest BCUT2D eigenvalue weighted by Gasteiger charge is -1.97. The van der Waals surface area contributed by atoms with E-state index in [1.165, 1.54) is 11.3 Å². The van der Waals surface area contributed by atoms with Gasteiger partial charge in [-0.1, -0.05) is 12.2 Å². The highest BCUT2D eigenvalue weighted by Crippen LogP contribution is 2.10. The number of hydrogen-bond donors (Lipinski definition) is 1. The monoisotopic (exact) mass is 230 g/mol. The van der Waals surface area contributed by atoms with Crippen LogP contribution in [0, 0.1) is 0 Å². The third-order valence-electron chi connectivity index (χ3n) is 1.41. The number of esters is 1. The van der Waals surface area contributed by atoms with Gasteiger partial charge in [0.1, 0.15) is 15.7 Å². The molecular formula is C8H10N2O2S2. The van der Waals surface area contributed by atoms with Crippen LogP contribution in [-0.4, -0.2) is 22.5 Å². The number of carbonyl (C=O) groups is 1. The number of thiazole rings is 1. The minimum Gasteiger partial charge on any atom is -0.466 e. The maximum Gasteiger partial charge on any atom is 0.312 e. The molecule has 4 nitrogen and oxygen atoms in total. The van der Waals surface area contributed by atoms with E-state index in [2.05, 4.69) is 4.98 Å². The molecule has 0 aliphatic rings. The Bertz CT molecular complexity index is 349. The van der Waals surface area contributed by atoms with Gasteiger partial charge in [0.05, 0.1) is 13.0 Å². The molecule has 0 fully saturated rings. The van der Waals surface area contributed by atoms with E-state index >= 15 is 0 Å². The summed E-state index contributed by atoms with van der Waals surface area (Å²) in [5.74, 6) is -0.281. The van der Waals surface area contributed by atoms with E-state index in [1.807, 2.05) is 0 Å². The van der Waals surface area contributed by atoms with Gasteiger partial charge in [0, 0.05) is 5.38 Å². The van der Waals surface area contributed by atoms with Crippen LogP contribution in [0.5, 0.6) is 0 Å². The molecule has 0 bridgehead atoms. The van der Waals surface area contributed by atoms with E-state index in [0.29, 0.717) is 17.3 Å². The number of thiocarbonyl (C=S) groups is 1. The smallest absolute Gasteiger partial charge is 0.312 e. The molecule has 0 atom stereocenters. The molecule has 0 amide bonds. The Morgan fingerprint density at radius 2 is 2.50 bits per heavy atom. The van der Waals surface area contributed by atoms with Gasteiger partial charge in [-0.25, -0.2) is 4.98 Å². The Morgan fingerprint density at radius 3 is 3.00 bits per heavy atom. The summed E-state index contributed by atoms with van der Waals surface area (Å²) in [5, 5.41) is 2.41. The normalized spacial score (nSPS) is 9.79. The van der Waals surface area contributed by atoms with Gasteiger partial charge < -0.3 is 10.5 Å². The van der Waals surface area contributed by atoms with Crippen molar-refractivity contribution in [1.82, 2.24) is 4.98 Å². The first-order valence-corrected chi connectivity index (χ1v) is 5.32. The average Bonchev–Trinajstić information content (AvgIpc) is 2.53. The third-order valence-corrected chi connectivity index (χ3v) is 2.46. The minimum absolute atomic E-state index is 0.182. The summed E-state index contributed by atoms with van der Waals surface area (Å²) in [7, 11) is 0. The molecule has 76 valence electrons. The zero-order valence-electron chi connectivity index (χ0n) is 7.65. The molecular weight excluding hydrogens is 220 g/mol. The second-order valence-electron chi connectivity index (χ2n) is 2.47. The van der Waals surface area contributed by atoms with Gasteiger partial charge in [-0.3, -0.25) is 4.79 Å². The molecule has 0 radical (unpaired) electrons. The second kappa shape index (κ2) is 5.02.